The maximum Gasteiger partial charge on any atom is 0.256 e. The van der Waals surface area contributed by atoms with Gasteiger partial charge in [0.15, 0.2) is 0 Å². The number of nitrogens with two attached hydrogens (primary N) is 1. The molecule has 1 saturated carbocycles. The number of nitrogens with zero attached hydrogens (tertiary/aromatic N) is 1. The molecule has 20 heavy (non-hydrogen) atoms. The van der Waals surface area contributed by atoms with Crippen molar-refractivity contribution in [2.75, 3.05) is 12.3 Å². The maximum absolute atomic E-state index is 12.1. The predicted octanol–water partition coefficient (Wildman–Crippen LogP) is 2.36. The first kappa shape index (κ1) is 15.0. The lowest BCUT2D eigenvalue weighted by Gasteiger charge is -2.38. The highest BCUT2D eigenvalue weighted by Gasteiger charge is 2.40. The summed E-state index contributed by atoms with van der Waals surface area (Å²) in [6.45, 7) is 6.70. The molecular weight excluding hydrogens is 254 g/mol. The molecule has 0 radical (unpaired) electrons. The number of aromatic nitrogens is 2. The van der Waals surface area contributed by atoms with Crippen LogP contribution in [0.15, 0.2) is 4.79 Å². The first-order valence-electron chi connectivity index (χ1n) is 7.55. The Morgan fingerprint density at radius 3 is 2.80 bits per heavy atom. The number of anilines is 1. The third kappa shape index (κ3) is 2.73. The number of nitrogens with one attached hydrogen (secondary N) is 1. The zero-order valence-electron chi connectivity index (χ0n) is 12.7. The summed E-state index contributed by atoms with van der Waals surface area (Å²) < 4.78 is 6.02. The Balaban J connectivity index is 2.47. The minimum atomic E-state index is -0.480. The van der Waals surface area contributed by atoms with Crippen LogP contribution in [0.5, 0.6) is 0 Å². The van der Waals surface area contributed by atoms with Crippen LogP contribution in [0.25, 0.3) is 0 Å². The summed E-state index contributed by atoms with van der Waals surface area (Å²) in [5.74, 6) is 1.50. The van der Waals surface area contributed by atoms with E-state index in [1.54, 1.807) is 0 Å². The lowest BCUT2D eigenvalue weighted by Crippen LogP contribution is -2.39. The Morgan fingerprint density at radius 2 is 2.25 bits per heavy atom. The fraction of sp³-hybridized carbons (Fsp3) is 0.733. The van der Waals surface area contributed by atoms with E-state index in [9.17, 15) is 4.79 Å². The van der Waals surface area contributed by atoms with Crippen LogP contribution in [0.2, 0.25) is 0 Å². The quantitative estimate of drug-likeness (QED) is 0.886. The molecule has 0 spiro atoms. The van der Waals surface area contributed by atoms with E-state index in [0.717, 1.165) is 19.3 Å². The van der Waals surface area contributed by atoms with Gasteiger partial charge in [-0.3, -0.25) is 4.79 Å². The van der Waals surface area contributed by atoms with E-state index < -0.39 is 5.60 Å². The summed E-state index contributed by atoms with van der Waals surface area (Å²) in [6.07, 6.45) is 4.64. The Bertz CT molecular complexity index is 522. The summed E-state index contributed by atoms with van der Waals surface area (Å²) in [5, 5.41) is 0. The summed E-state index contributed by atoms with van der Waals surface area (Å²) in [5.41, 5.74) is 5.89. The van der Waals surface area contributed by atoms with Gasteiger partial charge in [-0.2, -0.15) is 0 Å². The van der Waals surface area contributed by atoms with Gasteiger partial charge in [0.1, 0.15) is 17.2 Å². The van der Waals surface area contributed by atoms with Crippen LogP contribution < -0.4 is 11.3 Å². The van der Waals surface area contributed by atoms with Gasteiger partial charge in [-0.25, -0.2) is 4.98 Å². The molecule has 1 aromatic heterocycles. The van der Waals surface area contributed by atoms with Crippen molar-refractivity contribution in [1.82, 2.24) is 9.97 Å². The van der Waals surface area contributed by atoms with Gasteiger partial charge in [0.05, 0.1) is 5.56 Å². The van der Waals surface area contributed by atoms with Gasteiger partial charge in [-0.05, 0) is 38.5 Å². The van der Waals surface area contributed by atoms with E-state index in [4.69, 9.17) is 10.5 Å². The van der Waals surface area contributed by atoms with Gasteiger partial charge < -0.3 is 15.5 Å². The van der Waals surface area contributed by atoms with Crippen LogP contribution in [-0.4, -0.2) is 16.6 Å². The van der Waals surface area contributed by atoms with Gasteiger partial charge >= 0.3 is 0 Å². The summed E-state index contributed by atoms with van der Waals surface area (Å²) in [6, 6.07) is 0. The molecule has 2 rings (SSSR count). The lowest BCUT2D eigenvalue weighted by molar-refractivity contribution is -0.0881. The van der Waals surface area contributed by atoms with Gasteiger partial charge in [0.25, 0.3) is 5.56 Å². The second-order valence-corrected chi connectivity index (χ2v) is 5.76. The third-order valence-electron chi connectivity index (χ3n) is 4.21. The molecule has 0 saturated heterocycles. The van der Waals surface area contributed by atoms with E-state index in [-0.39, 0.29) is 5.56 Å². The zero-order valence-corrected chi connectivity index (χ0v) is 12.7. The highest BCUT2D eigenvalue weighted by molar-refractivity contribution is 5.38. The van der Waals surface area contributed by atoms with Gasteiger partial charge in [0, 0.05) is 6.61 Å². The second kappa shape index (κ2) is 5.95. The maximum atomic E-state index is 12.1. The molecule has 1 aromatic rings. The summed E-state index contributed by atoms with van der Waals surface area (Å²) in [4.78, 5) is 19.5. The Kier molecular flexibility index (Phi) is 4.48. The molecule has 0 bridgehead atoms. The SMILES string of the molecule is CCOC1(c2nc(N)c(CC)c(=O)[nH]2)CCCC(C)C1. The van der Waals surface area contributed by atoms with Crippen molar-refractivity contribution in [3.05, 3.63) is 21.7 Å². The lowest BCUT2D eigenvalue weighted by atomic mass is 9.78. The average molecular weight is 279 g/mol. The van der Waals surface area contributed by atoms with E-state index in [0.29, 0.717) is 36.2 Å². The number of hydrogen-bond donors (Lipinski definition) is 2. The number of hydrogen-bond acceptors (Lipinski definition) is 4. The van der Waals surface area contributed by atoms with E-state index in [1.807, 2.05) is 13.8 Å². The number of ether oxygens (including phenoxy) is 1. The normalized spacial score (nSPS) is 26.6. The summed E-state index contributed by atoms with van der Waals surface area (Å²) >= 11 is 0. The smallest absolute Gasteiger partial charge is 0.256 e. The van der Waals surface area contributed by atoms with Crippen molar-refractivity contribution in [3.8, 4) is 0 Å². The van der Waals surface area contributed by atoms with Crippen LogP contribution in [-0.2, 0) is 16.8 Å². The first-order chi connectivity index (χ1) is 9.52. The molecule has 2 atom stereocenters. The molecule has 0 aromatic carbocycles. The topological polar surface area (TPSA) is 81.0 Å². The minimum absolute atomic E-state index is 0.132. The van der Waals surface area contributed by atoms with Gasteiger partial charge in [-0.1, -0.05) is 20.3 Å². The van der Waals surface area contributed by atoms with Gasteiger partial charge in [-0.15, -0.1) is 0 Å². The predicted molar refractivity (Wildman–Crippen MR) is 79.6 cm³/mol. The number of H-pyrrole nitrogens is 1. The number of rotatable bonds is 4. The van der Waals surface area contributed by atoms with Crippen molar-refractivity contribution in [1.29, 1.82) is 0 Å². The van der Waals surface area contributed by atoms with Crippen molar-refractivity contribution >= 4 is 5.82 Å². The standard InChI is InChI=1S/C15H25N3O2/c1-4-11-12(16)17-14(18-13(11)19)15(20-5-2)8-6-7-10(3)9-15/h10H,4-9H2,1-3H3,(H3,16,17,18,19). The molecule has 0 aliphatic heterocycles. The van der Waals surface area contributed by atoms with Crippen LogP contribution in [0.1, 0.15) is 57.8 Å². The molecular formula is C15H25N3O2. The number of aromatic amines is 1. The molecule has 0 amide bonds. The Morgan fingerprint density at radius 1 is 1.50 bits per heavy atom. The number of nitrogen functional groups attached to an aromatic ring is 1. The largest absolute Gasteiger partial charge is 0.383 e. The Labute approximate surface area is 119 Å². The van der Waals surface area contributed by atoms with E-state index >= 15 is 0 Å². The fourth-order valence-corrected chi connectivity index (χ4v) is 3.27. The molecule has 2 unspecified atom stereocenters. The minimum Gasteiger partial charge on any atom is -0.383 e. The third-order valence-corrected chi connectivity index (χ3v) is 4.21. The highest BCUT2D eigenvalue weighted by atomic mass is 16.5. The van der Waals surface area contributed by atoms with Crippen molar-refractivity contribution in [2.45, 2.75) is 58.5 Å². The molecule has 1 heterocycles. The molecule has 1 aliphatic rings. The van der Waals surface area contributed by atoms with Gasteiger partial charge in [0.2, 0.25) is 0 Å². The second-order valence-electron chi connectivity index (χ2n) is 5.76. The molecule has 5 heteroatoms. The van der Waals surface area contributed by atoms with Crippen LogP contribution in [0, 0.1) is 5.92 Å². The van der Waals surface area contributed by atoms with Crippen molar-refractivity contribution in [2.24, 2.45) is 5.92 Å². The molecule has 112 valence electrons. The molecule has 3 N–H and O–H groups in total. The van der Waals surface area contributed by atoms with E-state index in [1.165, 1.54) is 6.42 Å². The molecule has 1 aliphatic carbocycles. The van der Waals surface area contributed by atoms with E-state index in [2.05, 4.69) is 16.9 Å². The van der Waals surface area contributed by atoms with Crippen molar-refractivity contribution in [3.63, 3.8) is 0 Å². The fourth-order valence-electron chi connectivity index (χ4n) is 3.27. The highest BCUT2D eigenvalue weighted by Crippen LogP contribution is 2.41. The monoisotopic (exact) mass is 279 g/mol. The van der Waals surface area contributed by atoms with Crippen LogP contribution >= 0.6 is 0 Å². The molecule has 1 fully saturated rings. The molecule has 5 nitrogen and oxygen atoms in total. The Hall–Kier alpha value is -1.36. The van der Waals surface area contributed by atoms with Crippen molar-refractivity contribution < 1.29 is 4.74 Å². The summed E-state index contributed by atoms with van der Waals surface area (Å²) in [7, 11) is 0. The van der Waals surface area contributed by atoms with Crippen LogP contribution in [0.3, 0.4) is 0 Å². The zero-order chi connectivity index (χ0) is 14.8. The first-order valence-corrected chi connectivity index (χ1v) is 7.55. The average Bonchev–Trinajstić information content (AvgIpc) is 2.38. The van der Waals surface area contributed by atoms with Crippen LogP contribution in [0.4, 0.5) is 5.82 Å².